The highest BCUT2D eigenvalue weighted by Gasteiger charge is 2.06. The zero-order valence-corrected chi connectivity index (χ0v) is 8.55. The second kappa shape index (κ2) is 2.90. The van der Waals surface area contributed by atoms with Gasteiger partial charge in [0.25, 0.3) is 0 Å². The van der Waals surface area contributed by atoms with Crippen LogP contribution < -0.4 is 0 Å². The van der Waals surface area contributed by atoms with Gasteiger partial charge in [0.2, 0.25) is 5.76 Å². The smallest absolute Gasteiger partial charge is 0.204 e. The highest BCUT2D eigenvalue weighted by molar-refractivity contribution is 9.10. The number of hydrogen-bond donors (Lipinski definition) is 0. The van der Waals surface area contributed by atoms with E-state index in [1.807, 2.05) is 25.1 Å². The molecule has 2 nitrogen and oxygen atoms in total. The van der Waals surface area contributed by atoms with Crippen LogP contribution in [0.5, 0.6) is 0 Å². The molecule has 0 bridgehead atoms. The zero-order valence-electron chi connectivity index (χ0n) is 6.97. The summed E-state index contributed by atoms with van der Waals surface area (Å²) in [5.41, 5.74) is 1.86. The summed E-state index contributed by atoms with van der Waals surface area (Å²) in [6, 6.07) is 7.63. The summed E-state index contributed by atoms with van der Waals surface area (Å²) in [4.78, 5) is 0. The van der Waals surface area contributed by atoms with Gasteiger partial charge in [-0.15, -0.1) is 0 Å². The van der Waals surface area contributed by atoms with E-state index in [1.54, 1.807) is 6.07 Å². The fraction of sp³-hybridized carbons (Fsp3) is 0.100. The van der Waals surface area contributed by atoms with Crippen molar-refractivity contribution < 1.29 is 4.42 Å². The fourth-order valence-electron chi connectivity index (χ4n) is 1.28. The Labute approximate surface area is 83.9 Å². The maximum Gasteiger partial charge on any atom is 0.204 e. The van der Waals surface area contributed by atoms with Crippen molar-refractivity contribution in [2.24, 2.45) is 0 Å². The molecule has 0 aliphatic rings. The summed E-state index contributed by atoms with van der Waals surface area (Å²) in [6.07, 6.45) is 0. The second-order valence-corrected chi connectivity index (χ2v) is 3.74. The minimum atomic E-state index is 0.348. The topological polar surface area (TPSA) is 36.9 Å². The number of nitrogens with zero attached hydrogens (tertiary/aromatic N) is 1. The SMILES string of the molecule is Cc1cc(Br)c2cc(C#N)oc2c1. The van der Waals surface area contributed by atoms with E-state index in [1.165, 1.54) is 0 Å². The monoisotopic (exact) mass is 235 g/mol. The molecule has 0 aliphatic carbocycles. The first-order valence-electron chi connectivity index (χ1n) is 3.80. The number of furan rings is 1. The zero-order chi connectivity index (χ0) is 9.42. The Balaban J connectivity index is 2.84. The van der Waals surface area contributed by atoms with Crippen LogP contribution >= 0.6 is 15.9 Å². The minimum absolute atomic E-state index is 0.348. The largest absolute Gasteiger partial charge is 0.446 e. The maximum atomic E-state index is 8.64. The number of rotatable bonds is 0. The van der Waals surface area contributed by atoms with Gasteiger partial charge in [-0.1, -0.05) is 15.9 Å². The van der Waals surface area contributed by atoms with Crippen molar-refractivity contribution in [2.45, 2.75) is 6.92 Å². The van der Waals surface area contributed by atoms with Crippen LogP contribution in [0.4, 0.5) is 0 Å². The lowest BCUT2D eigenvalue weighted by Crippen LogP contribution is -1.72. The van der Waals surface area contributed by atoms with Crippen molar-refractivity contribution in [1.82, 2.24) is 0 Å². The molecular weight excluding hydrogens is 230 g/mol. The molecule has 2 rings (SSSR count). The van der Waals surface area contributed by atoms with Crippen LogP contribution in [0.2, 0.25) is 0 Å². The molecule has 0 N–H and O–H groups in total. The van der Waals surface area contributed by atoms with Gasteiger partial charge in [0.1, 0.15) is 11.7 Å². The van der Waals surface area contributed by atoms with Gasteiger partial charge in [0, 0.05) is 15.9 Å². The van der Waals surface area contributed by atoms with E-state index in [4.69, 9.17) is 9.68 Å². The normalized spacial score (nSPS) is 10.2. The fourth-order valence-corrected chi connectivity index (χ4v) is 1.95. The minimum Gasteiger partial charge on any atom is -0.446 e. The molecule has 0 fully saturated rings. The lowest BCUT2D eigenvalue weighted by atomic mass is 10.2. The number of aryl methyl sites for hydroxylation is 1. The quantitative estimate of drug-likeness (QED) is 0.703. The van der Waals surface area contributed by atoms with Crippen LogP contribution in [0.1, 0.15) is 11.3 Å². The van der Waals surface area contributed by atoms with E-state index in [9.17, 15) is 0 Å². The van der Waals surface area contributed by atoms with Crippen LogP contribution in [0, 0.1) is 18.3 Å². The van der Waals surface area contributed by atoms with Gasteiger partial charge < -0.3 is 4.42 Å². The molecule has 64 valence electrons. The predicted octanol–water partition coefficient (Wildman–Crippen LogP) is 3.38. The Morgan fingerprint density at radius 2 is 2.15 bits per heavy atom. The van der Waals surface area contributed by atoms with Crippen molar-refractivity contribution in [1.29, 1.82) is 5.26 Å². The van der Waals surface area contributed by atoms with Crippen LogP contribution in [-0.2, 0) is 0 Å². The molecule has 0 saturated heterocycles. The van der Waals surface area contributed by atoms with Crippen LogP contribution in [0.25, 0.3) is 11.0 Å². The standard InChI is InChI=1S/C10H6BrNO/c1-6-2-9(11)8-4-7(5-12)13-10(8)3-6/h2-4H,1H3. The molecule has 0 amide bonds. The van der Waals surface area contributed by atoms with Crippen LogP contribution in [-0.4, -0.2) is 0 Å². The highest BCUT2D eigenvalue weighted by atomic mass is 79.9. The summed E-state index contributed by atoms with van der Waals surface area (Å²) < 4.78 is 6.25. The first-order chi connectivity index (χ1) is 6.20. The van der Waals surface area contributed by atoms with Gasteiger partial charge in [-0.2, -0.15) is 5.26 Å². The Hall–Kier alpha value is -1.27. The molecule has 0 spiro atoms. The van der Waals surface area contributed by atoms with E-state index in [0.717, 1.165) is 21.0 Å². The van der Waals surface area contributed by atoms with Gasteiger partial charge in [-0.05, 0) is 24.6 Å². The van der Waals surface area contributed by atoms with Crippen molar-refractivity contribution in [2.75, 3.05) is 0 Å². The Morgan fingerprint density at radius 1 is 1.38 bits per heavy atom. The lowest BCUT2D eigenvalue weighted by molar-refractivity contribution is 0.599. The van der Waals surface area contributed by atoms with Gasteiger partial charge in [0.05, 0.1) is 0 Å². The van der Waals surface area contributed by atoms with Crippen LogP contribution in [0.15, 0.2) is 27.1 Å². The second-order valence-electron chi connectivity index (χ2n) is 2.88. The van der Waals surface area contributed by atoms with E-state index in [0.29, 0.717) is 5.76 Å². The number of fused-ring (bicyclic) bond motifs is 1. The first kappa shape index (κ1) is 8.33. The molecule has 2 aromatic rings. The van der Waals surface area contributed by atoms with Crippen molar-refractivity contribution in [3.63, 3.8) is 0 Å². The summed E-state index contributed by atoms with van der Waals surface area (Å²) >= 11 is 3.42. The number of nitriles is 1. The molecule has 0 radical (unpaired) electrons. The Morgan fingerprint density at radius 3 is 2.85 bits per heavy atom. The molecule has 0 unspecified atom stereocenters. The van der Waals surface area contributed by atoms with Gasteiger partial charge >= 0.3 is 0 Å². The molecule has 1 aromatic heterocycles. The maximum absolute atomic E-state index is 8.64. The van der Waals surface area contributed by atoms with E-state index < -0.39 is 0 Å². The van der Waals surface area contributed by atoms with Gasteiger partial charge in [-0.3, -0.25) is 0 Å². The predicted molar refractivity (Wildman–Crippen MR) is 53.4 cm³/mol. The third-order valence-corrected chi connectivity index (χ3v) is 2.50. The third-order valence-electron chi connectivity index (χ3n) is 1.84. The van der Waals surface area contributed by atoms with E-state index in [2.05, 4.69) is 15.9 Å². The van der Waals surface area contributed by atoms with Crippen molar-refractivity contribution in [3.05, 3.63) is 34.0 Å². The number of halogens is 1. The number of hydrogen-bond acceptors (Lipinski definition) is 2. The Bertz CT molecular complexity index is 507. The van der Waals surface area contributed by atoms with E-state index >= 15 is 0 Å². The third kappa shape index (κ3) is 1.34. The molecule has 0 atom stereocenters. The Kier molecular flexibility index (Phi) is 1.86. The highest BCUT2D eigenvalue weighted by Crippen LogP contribution is 2.28. The summed E-state index contributed by atoms with van der Waals surface area (Å²) in [7, 11) is 0. The van der Waals surface area contributed by atoms with E-state index in [-0.39, 0.29) is 0 Å². The lowest BCUT2D eigenvalue weighted by Gasteiger charge is -1.94. The average molecular weight is 236 g/mol. The average Bonchev–Trinajstić information content (AvgIpc) is 2.47. The summed E-state index contributed by atoms with van der Waals surface area (Å²) in [5, 5.41) is 9.59. The molecular formula is C10H6BrNO. The molecule has 1 aromatic carbocycles. The summed E-state index contributed by atoms with van der Waals surface area (Å²) in [5.74, 6) is 0.348. The summed E-state index contributed by atoms with van der Waals surface area (Å²) in [6.45, 7) is 1.98. The first-order valence-corrected chi connectivity index (χ1v) is 4.60. The van der Waals surface area contributed by atoms with Gasteiger partial charge in [-0.25, -0.2) is 0 Å². The molecule has 13 heavy (non-hydrogen) atoms. The molecule has 3 heteroatoms. The van der Waals surface area contributed by atoms with Gasteiger partial charge in [0.15, 0.2) is 0 Å². The molecule has 0 saturated carbocycles. The van der Waals surface area contributed by atoms with Crippen molar-refractivity contribution >= 4 is 26.9 Å². The van der Waals surface area contributed by atoms with Crippen molar-refractivity contribution in [3.8, 4) is 6.07 Å². The molecule has 1 heterocycles. The molecule has 0 aliphatic heterocycles. The number of benzene rings is 1. The van der Waals surface area contributed by atoms with Crippen LogP contribution in [0.3, 0.4) is 0 Å².